The number of hydrogen-bond donors (Lipinski definition) is 1. The number of amides is 2. The summed E-state index contributed by atoms with van der Waals surface area (Å²) in [5.74, 6) is -0.240. The highest BCUT2D eigenvalue weighted by Gasteiger charge is 2.15. The van der Waals surface area contributed by atoms with Crippen molar-refractivity contribution in [2.24, 2.45) is 0 Å². The van der Waals surface area contributed by atoms with E-state index in [1.807, 2.05) is 44.1 Å². The molecule has 1 rings (SSSR count). The number of rotatable bonds is 7. The number of carbonyl (C=O) groups is 2. The lowest BCUT2D eigenvalue weighted by Gasteiger charge is -2.23. The zero-order chi connectivity index (χ0) is 16.7. The number of nitrogens with zero attached hydrogens (tertiary/aromatic N) is 2. The Balaban J connectivity index is 2.74. The Labute approximate surface area is 133 Å². The van der Waals surface area contributed by atoms with Gasteiger partial charge in [0.2, 0.25) is 11.8 Å². The Morgan fingerprint density at radius 3 is 2.41 bits per heavy atom. The third kappa shape index (κ3) is 5.48. The number of nitrogens with one attached hydrogen (secondary N) is 1. The minimum absolute atomic E-state index is 0.0840. The van der Waals surface area contributed by atoms with Crippen LogP contribution in [-0.4, -0.2) is 55.3 Å². The number of likely N-dealkylation sites (N-methyl/N-ethyl adjacent to an activating group) is 1. The lowest BCUT2D eigenvalue weighted by Crippen LogP contribution is -2.40. The summed E-state index contributed by atoms with van der Waals surface area (Å²) in [6.45, 7) is 6.89. The zero-order valence-corrected chi connectivity index (χ0v) is 14.3. The van der Waals surface area contributed by atoms with E-state index in [-0.39, 0.29) is 18.4 Å². The van der Waals surface area contributed by atoms with Crippen LogP contribution in [-0.2, 0) is 16.0 Å². The van der Waals surface area contributed by atoms with Crippen molar-refractivity contribution in [2.45, 2.75) is 27.2 Å². The van der Waals surface area contributed by atoms with Gasteiger partial charge in [0.15, 0.2) is 0 Å². The summed E-state index contributed by atoms with van der Waals surface area (Å²) in [4.78, 5) is 27.5. The summed E-state index contributed by atoms with van der Waals surface area (Å²) in [6.07, 6.45) is 0.856. The number of carbonyl (C=O) groups excluding carboxylic acids is 2. The third-order valence-electron chi connectivity index (χ3n) is 3.60. The zero-order valence-electron chi connectivity index (χ0n) is 14.3. The van der Waals surface area contributed by atoms with Gasteiger partial charge in [-0.15, -0.1) is 0 Å². The van der Waals surface area contributed by atoms with Crippen LogP contribution in [0.15, 0.2) is 18.2 Å². The van der Waals surface area contributed by atoms with Gasteiger partial charge in [-0.2, -0.15) is 0 Å². The van der Waals surface area contributed by atoms with Crippen LogP contribution < -0.4 is 5.32 Å². The molecule has 1 aromatic rings. The third-order valence-corrected chi connectivity index (χ3v) is 3.60. The number of benzene rings is 1. The average molecular weight is 305 g/mol. The van der Waals surface area contributed by atoms with E-state index in [2.05, 4.69) is 12.2 Å². The average Bonchev–Trinajstić information content (AvgIpc) is 2.45. The molecule has 0 unspecified atom stereocenters. The van der Waals surface area contributed by atoms with E-state index in [1.54, 1.807) is 4.90 Å². The van der Waals surface area contributed by atoms with Crippen LogP contribution in [0.4, 0.5) is 5.69 Å². The lowest BCUT2D eigenvalue weighted by molar-refractivity contribution is -0.132. The van der Waals surface area contributed by atoms with Crippen molar-refractivity contribution in [3.8, 4) is 0 Å². The molecule has 1 N–H and O–H groups in total. The van der Waals surface area contributed by atoms with E-state index in [1.165, 1.54) is 6.92 Å². The van der Waals surface area contributed by atoms with Crippen molar-refractivity contribution in [1.29, 1.82) is 0 Å². The van der Waals surface area contributed by atoms with Crippen LogP contribution in [0, 0.1) is 6.92 Å². The maximum Gasteiger partial charge on any atom is 0.244 e. The van der Waals surface area contributed by atoms with Gasteiger partial charge in [-0.3, -0.25) is 9.59 Å². The maximum absolute atomic E-state index is 12.3. The van der Waals surface area contributed by atoms with Gasteiger partial charge in [0.05, 0.1) is 6.54 Å². The van der Waals surface area contributed by atoms with E-state index in [0.717, 1.165) is 29.8 Å². The van der Waals surface area contributed by atoms with Gasteiger partial charge in [-0.1, -0.05) is 25.1 Å². The Hall–Kier alpha value is -1.88. The van der Waals surface area contributed by atoms with Crippen molar-refractivity contribution < 1.29 is 9.59 Å². The molecule has 2 amide bonds. The minimum Gasteiger partial charge on any atom is -0.332 e. The van der Waals surface area contributed by atoms with Gasteiger partial charge >= 0.3 is 0 Å². The van der Waals surface area contributed by atoms with Gasteiger partial charge < -0.3 is 15.1 Å². The second kappa shape index (κ2) is 8.54. The second-order valence-electron chi connectivity index (χ2n) is 5.75. The lowest BCUT2D eigenvalue weighted by atomic mass is 10.1. The van der Waals surface area contributed by atoms with E-state index in [9.17, 15) is 9.59 Å². The first kappa shape index (κ1) is 18.2. The molecular formula is C17H27N3O2. The fourth-order valence-corrected chi connectivity index (χ4v) is 2.22. The summed E-state index contributed by atoms with van der Waals surface area (Å²) in [5, 5.41) is 2.96. The van der Waals surface area contributed by atoms with Crippen LogP contribution in [0.3, 0.4) is 0 Å². The standard InChI is InChI=1S/C17H27N3O2/c1-6-15-9-7-8-13(2)17(15)18-16(22)12-20(14(3)21)11-10-19(4)5/h7-9H,6,10-12H2,1-5H3,(H,18,22). The molecular weight excluding hydrogens is 278 g/mol. The second-order valence-corrected chi connectivity index (χ2v) is 5.75. The monoisotopic (exact) mass is 305 g/mol. The first-order valence-electron chi connectivity index (χ1n) is 7.63. The molecule has 0 aliphatic carbocycles. The number of anilines is 1. The maximum atomic E-state index is 12.3. The summed E-state index contributed by atoms with van der Waals surface area (Å²) >= 11 is 0. The summed E-state index contributed by atoms with van der Waals surface area (Å²) < 4.78 is 0. The van der Waals surface area contributed by atoms with E-state index >= 15 is 0 Å². The smallest absolute Gasteiger partial charge is 0.244 e. The van der Waals surface area contributed by atoms with Gasteiger partial charge in [-0.25, -0.2) is 0 Å². The van der Waals surface area contributed by atoms with Crippen LogP contribution >= 0.6 is 0 Å². The molecule has 0 aliphatic rings. The van der Waals surface area contributed by atoms with Crippen molar-refractivity contribution in [1.82, 2.24) is 9.80 Å². The Kier molecular flexibility index (Phi) is 7.05. The first-order valence-corrected chi connectivity index (χ1v) is 7.63. The predicted octanol–water partition coefficient (Wildman–Crippen LogP) is 1.91. The summed E-state index contributed by atoms with van der Waals surface area (Å²) in [6, 6.07) is 5.98. The molecule has 0 saturated carbocycles. The van der Waals surface area contributed by atoms with Gasteiger partial charge in [-0.05, 0) is 38.6 Å². The van der Waals surface area contributed by atoms with Crippen molar-refractivity contribution in [2.75, 3.05) is 39.0 Å². The molecule has 0 aromatic heterocycles. The molecule has 0 bridgehead atoms. The molecule has 0 saturated heterocycles. The van der Waals surface area contributed by atoms with Crippen LogP contribution in [0.5, 0.6) is 0 Å². The molecule has 0 heterocycles. The highest BCUT2D eigenvalue weighted by molar-refractivity contribution is 5.95. The van der Waals surface area contributed by atoms with Crippen LogP contribution in [0.2, 0.25) is 0 Å². The van der Waals surface area contributed by atoms with Gasteiger partial charge in [0, 0.05) is 25.7 Å². The molecule has 1 aromatic carbocycles. The van der Waals surface area contributed by atoms with Crippen molar-refractivity contribution >= 4 is 17.5 Å². The molecule has 0 atom stereocenters. The number of para-hydroxylation sites is 1. The fourth-order valence-electron chi connectivity index (χ4n) is 2.22. The van der Waals surface area contributed by atoms with Crippen molar-refractivity contribution in [3.05, 3.63) is 29.3 Å². The fraction of sp³-hybridized carbons (Fsp3) is 0.529. The number of hydrogen-bond acceptors (Lipinski definition) is 3. The quantitative estimate of drug-likeness (QED) is 0.837. The first-order chi connectivity index (χ1) is 10.3. The topological polar surface area (TPSA) is 52.7 Å². The van der Waals surface area contributed by atoms with E-state index in [0.29, 0.717) is 6.54 Å². The Morgan fingerprint density at radius 1 is 1.18 bits per heavy atom. The molecule has 0 spiro atoms. The van der Waals surface area contributed by atoms with Crippen LogP contribution in [0.1, 0.15) is 25.0 Å². The largest absolute Gasteiger partial charge is 0.332 e. The molecule has 22 heavy (non-hydrogen) atoms. The Morgan fingerprint density at radius 2 is 1.86 bits per heavy atom. The molecule has 0 fully saturated rings. The molecule has 122 valence electrons. The molecule has 5 nitrogen and oxygen atoms in total. The SMILES string of the molecule is CCc1cccc(C)c1NC(=O)CN(CCN(C)C)C(C)=O. The highest BCUT2D eigenvalue weighted by atomic mass is 16.2. The Bertz CT molecular complexity index is 527. The highest BCUT2D eigenvalue weighted by Crippen LogP contribution is 2.20. The minimum atomic E-state index is -0.155. The van der Waals surface area contributed by atoms with E-state index < -0.39 is 0 Å². The van der Waals surface area contributed by atoms with Crippen LogP contribution in [0.25, 0.3) is 0 Å². The number of aryl methyl sites for hydroxylation is 2. The van der Waals surface area contributed by atoms with Gasteiger partial charge in [0.25, 0.3) is 0 Å². The van der Waals surface area contributed by atoms with E-state index in [4.69, 9.17) is 0 Å². The molecule has 5 heteroatoms. The molecule has 0 aliphatic heterocycles. The normalized spacial score (nSPS) is 10.6. The summed E-state index contributed by atoms with van der Waals surface area (Å²) in [7, 11) is 3.89. The van der Waals surface area contributed by atoms with Crippen molar-refractivity contribution in [3.63, 3.8) is 0 Å². The summed E-state index contributed by atoms with van der Waals surface area (Å²) in [5.41, 5.74) is 3.01. The van der Waals surface area contributed by atoms with Gasteiger partial charge in [0.1, 0.15) is 0 Å². The predicted molar refractivity (Wildman–Crippen MR) is 90.0 cm³/mol. The molecule has 0 radical (unpaired) electrons.